The lowest BCUT2D eigenvalue weighted by atomic mass is 10.1. The number of aromatic nitrogens is 3. The largest absolute Gasteiger partial charge is 0.508 e. The number of aliphatic carboxylic acids is 1. The molecule has 0 bridgehead atoms. The minimum Gasteiger partial charge on any atom is -0.508 e. The lowest BCUT2D eigenvalue weighted by molar-refractivity contribution is -0.141. The number of phenols is 1. The Morgan fingerprint density at radius 1 is 1.25 bits per heavy atom. The number of benzene rings is 1. The normalized spacial score (nSPS) is 12.8. The molecule has 9 nitrogen and oxygen atoms in total. The summed E-state index contributed by atoms with van der Waals surface area (Å²) < 4.78 is 28.9. The molecule has 0 saturated heterocycles. The molecule has 3 rings (SSSR count). The van der Waals surface area contributed by atoms with E-state index in [1.807, 2.05) is 0 Å². The van der Waals surface area contributed by atoms with Crippen molar-refractivity contribution in [1.82, 2.24) is 19.7 Å². The molecule has 28 heavy (non-hydrogen) atoms. The first kappa shape index (κ1) is 20.5. The van der Waals surface area contributed by atoms with E-state index in [0.29, 0.717) is 9.35 Å². The minimum absolute atomic E-state index is 0.0868. The highest BCUT2D eigenvalue weighted by molar-refractivity contribution is 9.11. The van der Waals surface area contributed by atoms with E-state index in [1.54, 1.807) is 18.2 Å². The number of rotatable bonds is 8. The molecule has 3 N–H and O–H groups in total. The van der Waals surface area contributed by atoms with Crippen molar-refractivity contribution >= 4 is 43.3 Å². The number of carbonyl (C=O) groups is 1. The lowest BCUT2D eigenvalue weighted by Crippen LogP contribution is -2.23. The van der Waals surface area contributed by atoms with Gasteiger partial charge < -0.3 is 10.2 Å². The summed E-state index contributed by atoms with van der Waals surface area (Å²) in [5, 5.41) is 26.5. The highest BCUT2D eigenvalue weighted by atomic mass is 79.9. The van der Waals surface area contributed by atoms with Gasteiger partial charge in [-0.25, -0.2) is 22.6 Å². The molecule has 0 aliphatic carbocycles. The van der Waals surface area contributed by atoms with E-state index < -0.39 is 22.0 Å². The number of hydrogen-bond acceptors (Lipinski definition) is 7. The second kappa shape index (κ2) is 8.39. The highest BCUT2D eigenvalue weighted by Gasteiger charge is 2.23. The maximum Gasteiger partial charge on any atom is 0.328 e. The Morgan fingerprint density at radius 3 is 2.57 bits per heavy atom. The average molecular weight is 487 g/mol. The summed E-state index contributed by atoms with van der Waals surface area (Å²) in [5.74, 6) is -1.02. The van der Waals surface area contributed by atoms with Crippen LogP contribution in [0.3, 0.4) is 0 Å². The third-order valence-electron chi connectivity index (χ3n) is 3.78. The minimum atomic E-state index is -3.70. The Balaban J connectivity index is 1.70. The van der Waals surface area contributed by atoms with Crippen molar-refractivity contribution in [2.75, 3.05) is 0 Å². The predicted molar refractivity (Wildman–Crippen MR) is 105 cm³/mol. The summed E-state index contributed by atoms with van der Waals surface area (Å²) in [6.45, 7) is -0.122. The predicted octanol–water partition coefficient (Wildman–Crippen LogP) is 2.15. The van der Waals surface area contributed by atoms with Crippen molar-refractivity contribution in [3.63, 3.8) is 0 Å². The number of thiophene rings is 1. The molecule has 0 saturated carbocycles. The first-order valence-electron chi connectivity index (χ1n) is 7.91. The second-order valence-corrected chi connectivity index (χ2v) is 10.3. The van der Waals surface area contributed by atoms with E-state index in [2.05, 4.69) is 31.0 Å². The molecule has 0 aliphatic rings. The van der Waals surface area contributed by atoms with Gasteiger partial charge in [0.25, 0.3) is 0 Å². The van der Waals surface area contributed by atoms with E-state index in [9.17, 15) is 23.4 Å². The lowest BCUT2D eigenvalue weighted by Gasteiger charge is -2.12. The molecule has 1 unspecified atom stereocenters. The molecule has 2 aromatic heterocycles. The van der Waals surface area contributed by atoms with Gasteiger partial charge in [0.05, 0.1) is 22.2 Å². The molecule has 2 heterocycles. The maximum atomic E-state index is 12.2. The van der Waals surface area contributed by atoms with Gasteiger partial charge in [-0.15, -0.1) is 16.4 Å². The van der Waals surface area contributed by atoms with Gasteiger partial charge in [-0.05, 0) is 45.8 Å². The third kappa shape index (κ3) is 4.95. The molecule has 12 heteroatoms. The summed E-state index contributed by atoms with van der Waals surface area (Å²) >= 11 is 4.29. The molecular weight excluding hydrogens is 472 g/mol. The number of aromatic hydroxyl groups is 1. The monoisotopic (exact) mass is 486 g/mol. The van der Waals surface area contributed by atoms with Crippen LogP contribution in [0.15, 0.2) is 50.6 Å². The number of halogens is 1. The zero-order chi connectivity index (χ0) is 20.3. The summed E-state index contributed by atoms with van der Waals surface area (Å²) in [5.41, 5.74) is 0.988. The summed E-state index contributed by atoms with van der Waals surface area (Å²) in [6.07, 6.45) is 1.53. The quantitative estimate of drug-likeness (QED) is 0.443. The van der Waals surface area contributed by atoms with Crippen molar-refractivity contribution in [2.24, 2.45) is 0 Å². The van der Waals surface area contributed by atoms with Crippen LogP contribution in [-0.2, 0) is 27.8 Å². The van der Waals surface area contributed by atoms with Crippen molar-refractivity contribution in [3.8, 4) is 5.75 Å². The molecule has 148 valence electrons. The average Bonchev–Trinajstić information content (AvgIpc) is 3.29. The number of nitrogens with zero attached hydrogens (tertiary/aromatic N) is 3. The van der Waals surface area contributed by atoms with Crippen LogP contribution in [0, 0.1) is 0 Å². The summed E-state index contributed by atoms with van der Waals surface area (Å²) in [7, 11) is -3.70. The van der Waals surface area contributed by atoms with Crippen LogP contribution in [0.4, 0.5) is 0 Å². The van der Waals surface area contributed by atoms with Gasteiger partial charge in [-0.1, -0.05) is 17.3 Å². The Morgan fingerprint density at radius 2 is 1.96 bits per heavy atom. The Labute approximate surface area is 172 Å². The van der Waals surface area contributed by atoms with Crippen molar-refractivity contribution < 1.29 is 23.4 Å². The van der Waals surface area contributed by atoms with Gasteiger partial charge in [0.2, 0.25) is 10.0 Å². The number of carboxylic acid groups (broad SMARTS) is 1. The second-order valence-electron chi connectivity index (χ2n) is 5.80. The van der Waals surface area contributed by atoms with Crippen LogP contribution >= 0.6 is 27.3 Å². The van der Waals surface area contributed by atoms with Crippen molar-refractivity contribution in [2.45, 2.75) is 23.2 Å². The number of sulfonamides is 1. The first-order chi connectivity index (χ1) is 13.2. The van der Waals surface area contributed by atoms with Gasteiger partial charge in [-0.3, -0.25) is 0 Å². The highest BCUT2D eigenvalue weighted by Crippen LogP contribution is 2.26. The van der Waals surface area contributed by atoms with E-state index in [-0.39, 0.29) is 28.6 Å². The Bertz CT molecular complexity index is 1080. The SMILES string of the molecule is O=C(O)C(Cc1ccc(O)cc1)n1cc(CNS(=O)(=O)c2ccc(Br)s2)nn1. The Hall–Kier alpha value is -2.28. The maximum absolute atomic E-state index is 12.2. The zero-order valence-corrected chi connectivity index (χ0v) is 17.4. The van der Waals surface area contributed by atoms with Crippen LogP contribution in [-0.4, -0.2) is 39.6 Å². The molecule has 0 aliphatic heterocycles. The van der Waals surface area contributed by atoms with Gasteiger partial charge in [0.15, 0.2) is 6.04 Å². The van der Waals surface area contributed by atoms with E-state index in [4.69, 9.17) is 0 Å². The fourth-order valence-electron chi connectivity index (χ4n) is 2.38. The molecule has 1 aromatic carbocycles. The Kier molecular flexibility index (Phi) is 6.13. The van der Waals surface area contributed by atoms with Crippen molar-refractivity contribution in [3.05, 3.63) is 57.6 Å². The van der Waals surface area contributed by atoms with Gasteiger partial charge >= 0.3 is 5.97 Å². The number of hydrogen-bond donors (Lipinski definition) is 3. The molecule has 0 spiro atoms. The first-order valence-corrected chi connectivity index (χ1v) is 11.0. The van der Waals surface area contributed by atoms with Gasteiger partial charge in [0, 0.05) is 6.42 Å². The molecule has 0 radical (unpaired) electrons. The fourth-order valence-corrected chi connectivity index (χ4v) is 5.43. The number of carboxylic acids is 1. The van der Waals surface area contributed by atoms with E-state index in [0.717, 1.165) is 11.3 Å². The van der Waals surface area contributed by atoms with Gasteiger partial charge in [-0.2, -0.15) is 0 Å². The molecular formula is C16H15BrN4O5S2. The topological polar surface area (TPSA) is 134 Å². The molecule has 0 fully saturated rings. The van der Waals surface area contributed by atoms with E-state index in [1.165, 1.54) is 29.1 Å². The smallest absolute Gasteiger partial charge is 0.328 e. The van der Waals surface area contributed by atoms with Gasteiger partial charge in [0.1, 0.15) is 9.96 Å². The summed E-state index contributed by atoms with van der Waals surface area (Å²) in [4.78, 5) is 11.6. The molecule has 0 amide bonds. The summed E-state index contributed by atoms with van der Waals surface area (Å²) in [6, 6.07) is 8.28. The van der Waals surface area contributed by atoms with Crippen LogP contribution < -0.4 is 4.72 Å². The molecule has 1 atom stereocenters. The molecule has 3 aromatic rings. The number of nitrogens with one attached hydrogen (secondary N) is 1. The van der Waals surface area contributed by atoms with Crippen LogP contribution in [0.5, 0.6) is 5.75 Å². The fraction of sp³-hybridized carbons (Fsp3) is 0.188. The van der Waals surface area contributed by atoms with E-state index >= 15 is 0 Å². The van der Waals surface area contributed by atoms with Crippen LogP contribution in [0.1, 0.15) is 17.3 Å². The zero-order valence-electron chi connectivity index (χ0n) is 14.2. The standard InChI is InChI=1S/C16H15BrN4O5S2/c17-14-5-6-15(27-14)28(25,26)18-8-11-9-21(20-19-11)13(16(23)24)7-10-1-3-12(22)4-2-10/h1-6,9,13,18,22H,7-8H2,(H,23,24). The number of phenolic OH excluding ortho intramolecular Hbond substituents is 1. The van der Waals surface area contributed by atoms with Crippen LogP contribution in [0.25, 0.3) is 0 Å². The van der Waals surface area contributed by atoms with Crippen LogP contribution in [0.2, 0.25) is 0 Å². The van der Waals surface area contributed by atoms with Crippen molar-refractivity contribution in [1.29, 1.82) is 0 Å². The third-order valence-corrected chi connectivity index (χ3v) is 7.30.